The number of hydrogen-bond acceptors (Lipinski definition) is 2. The SMILES string of the molecule is O=S1(=O)C2C=C(Cc3ccccc3)C1CCC2. The molecule has 2 aliphatic heterocycles. The van der Waals surface area contributed by atoms with Gasteiger partial charge >= 0.3 is 0 Å². The Hall–Kier alpha value is -1.09. The van der Waals surface area contributed by atoms with Crippen molar-refractivity contribution in [3.8, 4) is 0 Å². The molecule has 1 aromatic carbocycles. The average Bonchev–Trinajstić information content (AvgIpc) is 2.50. The Balaban J connectivity index is 1.89. The predicted molar refractivity (Wildman–Crippen MR) is 68.6 cm³/mol. The van der Waals surface area contributed by atoms with Gasteiger partial charge in [-0.2, -0.15) is 0 Å². The van der Waals surface area contributed by atoms with E-state index in [-0.39, 0.29) is 10.5 Å². The van der Waals surface area contributed by atoms with Gasteiger partial charge in [0.25, 0.3) is 0 Å². The smallest absolute Gasteiger partial charge is 0.163 e. The number of sulfone groups is 1. The maximum Gasteiger partial charge on any atom is 0.163 e. The summed E-state index contributed by atoms with van der Waals surface area (Å²) in [6, 6.07) is 10.1. The van der Waals surface area contributed by atoms with Crippen molar-refractivity contribution in [3.05, 3.63) is 47.5 Å². The van der Waals surface area contributed by atoms with Crippen molar-refractivity contribution in [2.75, 3.05) is 0 Å². The third kappa shape index (κ3) is 1.82. The largest absolute Gasteiger partial charge is 0.228 e. The van der Waals surface area contributed by atoms with Crippen molar-refractivity contribution in [1.82, 2.24) is 0 Å². The van der Waals surface area contributed by atoms with Crippen LogP contribution in [0.5, 0.6) is 0 Å². The van der Waals surface area contributed by atoms with E-state index in [0.29, 0.717) is 0 Å². The van der Waals surface area contributed by atoms with Crippen LogP contribution in [0.15, 0.2) is 42.0 Å². The molecule has 0 radical (unpaired) electrons. The molecule has 2 heterocycles. The Morgan fingerprint density at radius 2 is 1.88 bits per heavy atom. The van der Waals surface area contributed by atoms with Crippen molar-refractivity contribution < 1.29 is 8.42 Å². The van der Waals surface area contributed by atoms with Crippen molar-refractivity contribution in [2.45, 2.75) is 36.2 Å². The molecule has 3 heteroatoms. The van der Waals surface area contributed by atoms with E-state index in [0.717, 1.165) is 31.3 Å². The normalized spacial score (nSPS) is 30.0. The van der Waals surface area contributed by atoms with Gasteiger partial charge in [0.1, 0.15) is 0 Å². The number of rotatable bonds is 2. The third-order valence-corrected chi connectivity index (χ3v) is 6.39. The lowest BCUT2D eigenvalue weighted by Crippen LogP contribution is -2.30. The molecule has 0 aromatic heterocycles. The van der Waals surface area contributed by atoms with E-state index in [9.17, 15) is 8.42 Å². The second-order valence-electron chi connectivity index (χ2n) is 4.95. The topological polar surface area (TPSA) is 34.1 Å². The highest BCUT2D eigenvalue weighted by Crippen LogP contribution is 2.38. The van der Waals surface area contributed by atoms with Gasteiger partial charge in [0, 0.05) is 0 Å². The molecule has 0 aliphatic carbocycles. The molecular formula is C14H16O2S. The van der Waals surface area contributed by atoms with Gasteiger partial charge in [0.15, 0.2) is 9.84 Å². The Labute approximate surface area is 102 Å². The molecule has 1 saturated heterocycles. The van der Waals surface area contributed by atoms with Gasteiger partial charge in [-0.05, 0) is 24.8 Å². The molecule has 0 spiro atoms. The molecule has 2 unspecified atom stereocenters. The second kappa shape index (κ2) is 3.98. The highest BCUT2D eigenvalue weighted by Gasteiger charge is 2.43. The Kier molecular flexibility index (Phi) is 2.58. The first-order chi connectivity index (χ1) is 8.18. The second-order valence-corrected chi connectivity index (χ2v) is 7.30. The summed E-state index contributed by atoms with van der Waals surface area (Å²) in [5.74, 6) is 0. The maximum atomic E-state index is 12.1. The summed E-state index contributed by atoms with van der Waals surface area (Å²) in [6.07, 6.45) is 5.49. The maximum absolute atomic E-state index is 12.1. The van der Waals surface area contributed by atoms with Crippen LogP contribution >= 0.6 is 0 Å². The molecule has 2 nitrogen and oxygen atoms in total. The highest BCUT2D eigenvalue weighted by molar-refractivity contribution is 7.93. The van der Waals surface area contributed by atoms with Gasteiger partial charge in [-0.15, -0.1) is 0 Å². The number of hydrogen-bond donors (Lipinski definition) is 0. The van der Waals surface area contributed by atoms with Gasteiger partial charge in [-0.3, -0.25) is 0 Å². The first kappa shape index (κ1) is 11.0. The minimum Gasteiger partial charge on any atom is -0.228 e. The molecule has 1 fully saturated rings. The summed E-state index contributed by atoms with van der Waals surface area (Å²) in [6.45, 7) is 0. The zero-order valence-electron chi connectivity index (χ0n) is 9.67. The first-order valence-electron chi connectivity index (χ1n) is 6.15. The molecule has 90 valence electrons. The number of benzene rings is 1. The fourth-order valence-electron chi connectivity index (χ4n) is 2.97. The molecule has 0 saturated carbocycles. The van der Waals surface area contributed by atoms with E-state index in [1.807, 2.05) is 24.3 Å². The van der Waals surface area contributed by atoms with Gasteiger partial charge in [0.2, 0.25) is 0 Å². The van der Waals surface area contributed by atoms with E-state index in [2.05, 4.69) is 12.1 Å². The Morgan fingerprint density at radius 1 is 1.12 bits per heavy atom. The van der Waals surface area contributed by atoms with Crippen LogP contribution in [0.1, 0.15) is 24.8 Å². The molecule has 3 rings (SSSR count). The predicted octanol–water partition coefficient (Wildman–Crippen LogP) is 2.51. The summed E-state index contributed by atoms with van der Waals surface area (Å²) in [7, 11) is -2.89. The summed E-state index contributed by atoms with van der Waals surface area (Å²) in [4.78, 5) is 0. The van der Waals surface area contributed by atoms with Gasteiger partial charge < -0.3 is 0 Å². The minimum atomic E-state index is -2.89. The van der Waals surface area contributed by atoms with Crippen LogP contribution in [0.25, 0.3) is 0 Å². The molecule has 2 bridgehead atoms. The van der Waals surface area contributed by atoms with Crippen LogP contribution in [-0.4, -0.2) is 18.9 Å². The zero-order valence-corrected chi connectivity index (χ0v) is 10.5. The van der Waals surface area contributed by atoms with E-state index in [1.54, 1.807) is 0 Å². The molecular weight excluding hydrogens is 232 g/mol. The van der Waals surface area contributed by atoms with E-state index in [1.165, 1.54) is 5.56 Å². The molecule has 0 amide bonds. The average molecular weight is 248 g/mol. The molecule has 17 heavy (non-hydrogen) atoms. The van der Waals surface area contributed by atoms with Crippen molar-refractivity contribution >= 4 is 9.84 Å². The van der Waals surface area contributed by atoms with Crippen LogP contribution < -0.4 is 0 Å². The third-order valence-electron chi connectivity index (χ3n) is 3.84. The summed E-state index contributed by atoms with van der Waals surface area (Å²) >= 11 is 0. The molecule has 0 N–H and O–H groups in total. The van der Waals surface area contributed by atoms with E-state index < -0.39 is 9.84 Å². The molecule has 2 aliphatic rings. The van der Waals surface area contributed by atoms with Gasteiger partial charge in [-0.25, -0.2) is 8.42 Å². The molecule has 1 aromatic rings. The first-order valence-corrected chi connectivity index (χ1v) is 7.76. The number of fused-ring (bicyclic) bond motifs is 2. The Bertz CT molecular complexity index is 543. The van der Waals surface area contributed by atoms with Crippen LogP contribution in [0.3, 0.4) is 0 Å². The summed E-state index contributed by atoms with van der Waals surface area (Å²) in [5, 5.41) is -0.388. The van der Waals surface area contributed by atoms with E-state index >= 15 is 0 Å². The summed E-state index contributed by atoms with van der Waals surface area (Å²) < 4.78 is 24.2. The van der Waals surface area contributed by atoms with Crippen molar-refractivity contribution in [3.63, 3.8) is 0 Å². The zero-order chi connectivity index (χ0) is 11.9. The van der Waals surface area contributed by atoms with Crippen LogP contribution in [0.4, 0.5) is 0 Å². The van der Waals surface area contributed by atoms with Crippen LogP contribution in [0, 0.1) is 0 Å². The highest BCUT2D eigenvalue weighted by atomic mass is 32.2. The van der Waals surface area contributed by atoms with Gasteiger partial charge in [0.05, 0.1) is 10.5 Å². The monoisotopic (exact) mass is 248 g/mol. The standard InChI is InChI=1S/C14H16O2S/c15-17(16)13-7-4-8-14(17)12(10-13)9-11-5-2-1-3-6-11/h1-3,5-6,10,13-14H,4,7-9H2. The molecule has 2 atom stereocenters. The lowest BCUT2D eigenvalue weighted by molar-refractivity contribution is 0.548. The van der Waals surface area contributed by atoms with Crippen molar-refractivity contribution in [1.29, 1.82) is 0 Å². The minimum absolute atomic E-state index is 0.193. The summed E-state index contributed by atoms with van der Waals surface area (Å²) in [5.41, 5.74) is 2.33. The lowest BCUT2D eigenvalue weighted by atomic mass is 10.0. The Morgan fingerprint density at radius 3 is 2.59 bits per heavy atom. The fourth-order valence-corrected chi connectivity index (χ4v) is 5.33. The van der Waals surface area contributed by atoms with Gasteiger partial charge in [-0.1, -0.05) is 48.4 Å². The van der Waals surface area contributed by atoms with Crippen LogP contribution in [-0.2, 0) is 16.3 Å². The fraction of sp³-hybridized carbons (Fsp3) is 0.429. The van der Waals surface area contributed by atoms with Crippen LogP contribution in [0.2, 0.25) is 0 Å². The van der Waals surface area contributed by atoms with E-state index in [4.69, 9.17) is 0 Å². The quantitative estimate of drug-likeness (QED) is 0.754. The van der Waals surface area contributed by atoms with Crippen molar-refractivity contribution in [2.24, 2.45) is 0 Å². The lowest BCUT2D eigenvalue weighted by Gasteiger charge is -2.21.